The Morgan fingerprint density at radius 3 is 2.83 bits per heavy atom. The number of halogens is 1. The minimum atomic E-state index is 0.147. The average molecular weight is 267 g/mol. The molecule has 1 aliphatic heterocycles. The van der Waals surface area contributed by atoms with Crippen LogP contribution in [0, 0.1) is 5.92 Å². The van der Waals surface area contributed by atoms with Gasteiger partial charge in [0.25, 0.3) is 0 Å². The van der Waals surface area contributed by atoms with E-state index >= 15 is 0 Å². The number of hydrogen-bond acceptors (Lipinski definition) is 2. The molecule has 1 aliphatic rings. The molecule has 1 saturated heterocycles. The third-order valence-electron chi connectivity index (χ3n) is 3.37. The van der Waals surface area contributed by atoms with Gasteiger partial charge >= 0.3 is 0 Å². The summed E-state index contributed by atoms with van der Waals surface area (Å²) in [4.78, 5) is 12.0. The second-order valence-electron chi connectivity index (χ2n) is 4.92. The van der Waals surface area contributed by atoms with Gasteiger partial charge in [-0.25, -0.2) is 0 Å². The third kappa shape index (κ3) is 3.72. The van der Waals surface area contributed by atoms with E-state index in [4.69, 9.17) is 11.6 Å². The summed E-state index contributed by atoms with van der Waals surface area (Å²) in [5.74, 6) is 0.312. The van der Waals surface area contributed by atoms with Crippen LogP contribution in [0.25, 0.3) is 0 Å². The first-order valence-corrected chi connectivity index (χ1v) is 6.78. The van der Waals surface area contributed by atoms with Crippen LogP contribution in [-0.2, 0) is 11.3 Å². The summed E-state index contributed by atoms with van der Waals surface area (Å²) in [6.07, 6.45) is 1.85. The zero-order valence-electron chi connectivity index (χ0n) is 10.6. The number of carbonyl (C=O) groups is 1. The maximum Gasteiger partial charge on any atom is 0.223 e. The molecule has 0 radical (unpaired) electrons. The number of carbonyl (C=O) groups excluding carboxylic acids is 1. The molecule has 1 aromatic rings. The molecule has 2 N–H and O–H groups in total. The highest BCUT2D eigenvalue weighted by Gasteiger charge is 2.24. The molecule has 1 heterocycles. The zero-order valence-corrected chi connectivity index (χ0v) is 11.3. The summed E-state index contributed by atoms with van der Waals surface area (Å²) in [6.45, 7) is 3.63. The Labute approximate surface area is 113 Å². The first-order chi connectivity index (χ1) is 8.65. The molecule has 2 unspecified atom stereocenters. The smallest absolute Gasteiger partial charge is 0.223 e. The predicted octanol–water partition coefficient (Wildman–Crippen LogP) is 2.34. The van der Waals surface area contributed by atoms with E-state index in [-0.39, 0.29) is 11.8 Å². The van der Waals surface area contributed by atoms with Gasteiger partial charge in [-0.3, -0.25) is 4.79 Å². The topological polar surface area (TPSA) is 41.1 Å². The van der Waals surface area contributed by atoms with Crippen molar-refractivity contribution in [2.45, 2.75) is 32.4 Å². The Morgan fingerprint density at radius 1 is 1.44 bits per heavy atom. The predicted molar refractivity (Wildman–Crippen MR) is 73.5 cm³/mol. The average Bonchev–Trinajstić information content (AvgIpc) is 2.38. The molecule has 1 amide bonds. The Bertz CT molecular complexity index is 405. The molecule has 0 spiro atoms. The Morgan fingerprint density at radius 2 is 2.17 bits per heavy atom. The highest BCUT2D eigenvalue weighted by atomic mass is 35.5. The van der Waals surface area contributed by atoms with Gasteiger partial charge < -0.3 is 10.6 Å². The second-order valence-corrected chi connectivity index (χ2v) is 5.36. The molecule has 4 heteroatoms. The molecule has 1 aromatic carbocycles. The fourth-order valence-corrected chi connectivity index (χ4v) is 2.43. The standard InChI is InChI=1S/C14H19ClN2O/c1-10-8-12(6-7-16-10)14(18)17-9-11-2-4-13(15)5-3-11/h2-5,10,12,16H,6-9H2,1H3,(H,17,18). The van der Waals surface area contributed by atoms with Crippen molar-refractivity contribution in [3.8, 4) is 0 Å². The molecular formula is C14H19ClN2O. The van der Waals surface area contributed by atoms with Crippen molar-refractivity contribution < 1.29 is 4.79 Å². The van der Waals surface area contributed by atoms with Crippen LogP contribution in [0.2, 0.25) is 5.02 Å². The van der Waals surface area contributed by atoms with Gasteiger partial charge in [0.2, 0.25) is 5.91 Å². The number of nitrogens with one attached hydrogen (secondary N) is 2. The van der Waals surface area contributed by atoms with Gasteiger partial charge in [-0.05, 0) is 44.0 Å². The number of hydrogen-bond donors (Lipinski definition) is 2. The van der Waals surface area contributed by atoms with Crippen molar-refractivity contribution >= 4 is 17.5 Å². The number of benzene rings is 1. The van der Waals surface area contributed by atoms with E-state index in [2.05, 4.69) is 17.6 Å². The van der Waals surface area contributed by atoms with Crippen LogP contribution in [0.4, 0.5) is 0 Å². The van der Waals surface area contributed by atoms with E-state index < -0.39 is 0 Å². The van der Waals surface area contributed by atoms with Crippen LogP contribution in [0.5, 0.6) is 0 Å². The fraction of sp³-hybridized carbons (Fsp3) is 0.500. The van der Waals surface area contributed by atoms with Crippen LogP contribution in [0.3, 0.4) is 0 Å². The lowest BCUT2D eigenvalue weighted by molar-refractivity contribution is -0.126. The van der Waals surface area contributed by atoms with Gasteiger partial charge in [-0.15, -0.1) is 0 Å². The van der Waals surface area contributed by atoms with Crippen LogP contribution >= 0.6 is 11.6 Å². The highest BCUT2D eigenvalue weighted by molar-refractivity contribution is 6.30. The van der Waals surface area contributed by atoms with Crippen LogP contribution in [0.1, 0.15) is 25.3 Å². The van der Waals surface area contributed by atoms with E-state index in [1.54, 1.807) is 0 Å². The molecule has 0 aromatic heterocycles. The van der Waals surface area contributed by atoms with Crippen LogP contribution in [0.15, 0.2) is 24.3 Å². The molecular weight excluding hydrogens is 248 g/mol. The summed E-state index contributed by atoms with van der Waals surface area (Å²) < 4.78 is 0. The van der Waals surface area contributed by atoms with Crippen LogP contribution < -0.4 is 10.6 Å². The number of piperidine rings is 1. The lowest BCUT2D eigenvalue weighted by Gasteiger charge is -2.27. The number of amides is 1. The minimum absolute atomic E-state index is 0.147. The van der Waals surface area contributed by atoms with Gasteiger partial charge in [0.05, 0.1) is 0 Å². The summed E-state index contributed by atoms with van der Waals surface area (Å²) in [5, 5.41) is 7.07. The zero-order chi connectivity index (χ0) is 13.0. The van der Waals surface area contributed by atoms with E-state index in [1.807, 2.05) is 24.3 Å². The molecule has 3 nitrogen and oxygen atoms in total. The summed E-state index contributed by atoms with van der Waals surface area (Å²) >= 11 is 5.82. The second kappa shape index (κ2) is 6.21. The van der Waals surface area contributed by atoms with Gasteiger partial charge in [0.15, 0.2) is 0 Å². The first kappa shape index (κ1) is 13.4. The summed E-state index contributed by atoms with van der Waals surface area (Å²) in [5.41, 5.74) is 1.08. The van der Waals surface area contributed by atoms with E-state index in [9.17, 15) is 4.79 Å². The lowest BCUT2D eigenvalue weighted by atomic mass is 9.92. The molecule has 18 heavy (non-hydrogen) atoms. The van der Waals surface area contributed by atoms with Crippen molar-refractivity contribution in [1.82, 2.24) is 10.6 Å². The Kier molecular flexibility index (Phi) is 4.61. The first-order valence-electron chi connectivity index (χ1n) is 6.40. The highest BCUT2D eigenvalue weighted by Crippen LogP contribution is 2.16. The molecule has 0 bridgehead atoms. The molecule has 0 saturated carbocycles. The summed E-state index contributed by atoms with van der Waals surface area (Å²) in [7, 11) is 0. The summed E-state index contributed by atoms with van der Waals surface area (Å²) in [6, 6.07) is 8.00. The monoisotopic (exact) mass is 266 g/mol. The third-order valence-corrected chi connectivity index (χ3v) is 3.63. The molecule has 2 rings (SSSR count). The fourth-order valence-electron chi connectivity index (χ4n) is 2.31. The van der Waals surface area contributed by atoms with Crippen molar-refractivity contribution in [1.29, 1.82) is 0 Å². The SMILES string of the molecule is CC1CC(C(=O)NCc2ccc(Cl)cc2)CCN1. The number of rotatable bonds is 3. The quantitative estimate of drug-likeness (QED) is 0.882. The molecule has 2 atom stereocenters. The van der Waals surface area contributed by atoms with E-state index in [0.29, 0.717) is 12.6 Å². The van der Waals surface area contributed by atoms with Gasteiger partial charge in [-0.2, -0.15) is 0 Å². The molecule has 0 aliphatic carbocycles. The Balaban J connectivity index is 1.82. The van der Waals surface area contributed by atoms with Gasteiger partial charge in [-0.1, -0.05) is 23.7 Å². The Hall–Kier alpha value is -1.06. The van der Waals surface area contributed by atoms with Gasteiger partial charge in [0, 0.05) is 23.5 Å². The maximum atomic E-state index is 12.0. The largest absolute Gasteiger partial charge is 0.352 e. The van der Waals surface area contributed by atoms with Crippen molar-refractivity contribution in [3.63, 3.8) is 0 Å². The maximum absolute atomic E-state index is 12.0. The van der Waals surface area contributed by atoms with Crippen molar-refractivity contribution in [2.75, 3.05) is 6.54 Å². The molecule has 1 fully saturated rings. The normalized spacial score (nSPS) is 23.7. The van der Waals surface area contributed by atoms with E-state index in [1.165, 1.54) is 0 Å². The van der Waals surface area contributed by atoms with Crippen LogP contribution in [-0.4, -0.2) is 18.5 Å². The molecule has 98 valence electrons. The van der Waals surface area contributed by atoms with E-state index in [0.717, 1.165) is 30.0 Å². The van der Waals surface area contributed by atoms with Crippen molar-refractivity contribution in [2.24, 2.45) is 5.92 Å². The minimum Gasteiger partial charge on any atom is -0.352 e. The lowest BCUT2D eigenvalue weighted by Crippen LogP contribution is -2.42. The van der Waals surface area contributed by atoms with Crippen molar-refractivity contribution in [3.05, 3.63) is 34.9 Å². The van der Waals surface area contributed by atoms with Gasteiger partial charge in [0.1, 0.15) is 0 Å².